The normalized spacial score (nSPS) is 41.1. The van der Waals surface area contributed by atoms with Crippen molar-refractivity contribution in [1.82, 2.24) is 0 Å². The summed E-state index contributed by atoms with van der Waals surface area (Å²) in [5.41, 5.74) is 3.25. The molecule has 5 atom stereocenters. The van der Waals surface area contributed by atoms with Crippen LogP contribution in [0.25, 0.3) is 0 Å². The molecule has 1 aromatic rings. The van der Waals surface area contributed by atoms with Gasteiger partial charge in [0.1, 0.15) is 5.75 Å². The fraction of sp³-hybridized carbons (Fsp3) is 0.684. The maximum Gasteiger partial charge on any atom is 0.119 e. The molecule has 0 bridgehead atoms. The summed E-state index contributed by atoms with van der Waals surface area (Å²) in [6.45, 7) is 2.34. The molecule has 0 spiro atoms. The molecule has 4 rings (SSSR count). The van der Waals surface area contributed by atoms with E-state index < -0.39 is 0 Å². The third kappa shape index (κ3) is 1.88. The van der Waals surface area contributed by atoms with E-state index in [-0.39, 0.29) is 11.5 Å². The van der Waals surface area contributed by atoms with Crippen LogP contribution >= 0.6 is 0 Å². The van der Waals surface area contributed by atoms with Crippen molar-refractivity contribution >= 4 is 0 Å². The molecule has 1 N–H and O–H groups in total. The summed E-state index contributed by atoms with van der Waals surface area (Å²) in [6, 6.07) is 6.67. The molecule has 114 valence electrons. The predicted octanol–water partition coefficient (Wildman–Crippen LogP) is 3.91. The van der Waals surface area contributed by atoms with E-state index in [0.717, 1.165) is 24.0 Å². The highest BCUT2D eigenvalue weighted by molar-refractivity contribution is 5.40. The molecule has 21 heavy (non-hydrogen) atoms. The first-order valence-electron chi connectivity index (χ1n) is 8.48. The first-order valence-corrected chi connectivity index (χ1v) is 8.48. The van der Waals surface area contributed by atoms with Crippen LogP contribution in [0.15, 0.2) is 18.2 Å². The average Bonchev–Trinajstić information content (AvgIpc) is 2.82. The monoisotopic (exact) mass is 286 g/mol. The number of benzene rings is 1. The number of aliphatic hydroxyl groups is 1. The summed E-state index contributed by atoms with van der Waals surface area (Å²) in [6.07, 6.45) is 7.07. The van der Waals surface area contributed by atoms with Crippen LogP contribution in [0.3, 0.4) is 0 Å². The molecule has 0 amide bonds. The maximum atomic E-state index is 10.4. The van der Waals surface area contributed by atoms with Crippen molar-refractivity contribution in [2.24, 2.45) is 17.3 Å². The molecule has 2 nitrogen and oxygen atoms in total. The largest absolute Gasteiger partial charge is 0.497 e. The Labute approximate surface area is 127 Å². The first kappa shape index (κ1) is 13.6. The molecule has 2 heteroatoms. The van der Waals surface area contributed by atoms with Gasteiger partial charge in [-0.25, -0.2) is 0 Å². The number of aryl methyl sites for hydroxylation is 1. The molecule has 2 saturated carbocycles. The van der Waals surface area contributed by atoms with Gasteiger partial charge >= 0.3 is 0 Å². The van der Waals surface area contributed by atoms with Gasteiger partial charge < -0.3 is 9.84 Å². The zero-order chi connectivity index (χ0) is 14.6. The Morgan fingerprint density at radius 2 is 2.05 bits per heavy atom. The molecule has 2 fully saturated rings. The van der Waals surface area contributed by atoms with Crippen molar-refractivity contribution in [2.75, 3.05) is 7.11 Å². The zero-order valence-electron chi connectivity index (χ0n) is 13.1. The van der Waals surface area contributed by atoms with Crippen LogP contribution in [-0.2, 0) is 6.42 Å². The lowest BCUT2D eigenvalue weighted by Crippen LogP contribution is -2.43. The van der Waals surface area contributed by atoms with Crippen molar-refractivity contribution in [3.8, 4) is 5.75 Å². The van der Waals surface area contributed by atoms with E-state index in [0.29, 0.717) is 5.92 Å². The number of rotatable bonds is 1. The highest BCUT2D eigenvalue weighted by Crippen LogP contribution is 2.60. The molecule has 3 aliphatic rings. The van der Waals surface area contributed by atoms with E-state index >= 15 is 0 Å². The van der Waals surface area contributed by atoms with Crippen molar-refractivity contribution in [3.63, 3.8) is 0 Å². The van der Waals surface area contributed by atoms with Crippen LogP contribution < -0.4 is 4.74 Å². The van der Waals surface area contributed by atoms with Gasteiger partial charge in [0.05, 0.1) is 13.2 Å². The summed E-state index contributed by atoms with van der Waals surface area (Å²) >= 11 is 0. The van der Waals surface area contributed by atoms with Crippen LogP contribution in [-0.4, -0.2) is 18.3 Å². The maximum absolute atomic E-state index is 10.4. The second-order valence-corrected chi connectivity index (χ2v) is 7.62. The molecule has 0 heterocycles. The van der Waals surface area contributed by atoms with Crippen molar-refractivity contribution < 1.29 is 9.84 Å². The van der Waals surface area contributed by atoms with Crippen LogP contribution in [0.2, 0.25) is 0 Å². The van der Waals surface area contributed by atoms with Crippen molar-refractivity contribution in [1.29, 1.82) is 0 Å². The molecule has 2 unspecified atom stereocenters. The molecule has 1 aromatic carbocycles. The Bertz CT molecular complexity index is 552. The number of methoxy groups -OCH3 is 1. The third-order valence-electron chi connectivity index (χ3n) is 6.88. The van der Waals surface area contributed by atoms with Gasteiger partial charge in [0.2, 0.25) is 0 Å². The van der Waals surface area contributed by atoms with E-state index in [1.165, 1.54) is 37.7 Å². The Morgan fingerprint density at radius 3 is 2.86 bits per heavy atom. The average molecular weight is 286 g/mol. The van der Waals surface area contributed by atoms with Crippen molar-refractivity contribution in [2.45, 2.75) is 57.5 Å². The lowest BCUT2D eigenvalue weighted by Gasteiger charge is -2.50. The topological polar surface area (TPSA) is 29.5 Å². The van der Waals surface area contributed by atoms with Crippen LogP contribution in [0.5, 0.6) is 5.75 Å². The minimum Gasteiger partial charge on any atom is -0.497 e. The summed E-state index contributed by atoms with van der Waals surface area (Å²) in [5.74, 6) is 3.20. The molecule has 0 radical (unpaired) electrons. The van der Waals surface area contributed by atoms with Gasteiger partial charge in [0.15, 0.2) is 0 Å². The van der Waals surface area contributed by atoms with E-state index in [9.17, 15) is 5.11 Å². The number of hydrogen-bond donors (Lipinski definition) is 1. The van der Waals surface area contributed by atoms with Gasteiger partial charge in [0, 0.05) is 0 Å². The second kappa shape index (κ2) is 4.74. The molecule has 3 aliphatic carbocycles. The highest BCUT2D eigenvalue weighted by Gasteiger charge is 2.54. The fourth-order valence-electron chi connectivity index (χ4n) is 5.66. The Morgan fingerprint density at radius 1 is 1.19 bits per heavy atom. The molecular formula is C19H26O2. The van der Waals surface area contributed by atoms with Gasteiger partial charge in [-0.2, -0.15) is 0 Å². The standard InChI is InChI=1S/C19H26O2/c1-19-10-9-15-14-6-4-13(21-2)11-12(14)3-5-16(15)17(19)7-8-18(19)20/h4,6,11,15-18,20H,3,5,7-10H2,1-2H3/t15?,16-,17?,18-,19+/m1/s1. The highest BCUT2D eigenvalue weighted by atomic mass is 16.5. The Balaban J connectivity index is 1.68. The summed E-state index contributed by atoms with van der Waals surface area (Å²) in [7, 11) is 1.75. The lowest BCUT2D eigenvalue weighted by molar-refractivity contribution is -0.0226. The SMILES string of the molecule is COc1ccc2c(c1)CC[C@@H]1C2CC[C@@]2(C)C1CC[C@H]2O. The summed E-state index contributed by atoms with van der Waals surface area (Å²) in [5, 5.41) is 10.4. The van der Waals surface area contributed by atoms with E-state index in [1.807, 2.05) is 0 Å². The first-order chi connectivity index (χ1) is 10.1. The molecular weight excluding hydrogens is 260 g/mol. The quantitative estimate of drug-likeness (QED) is 0.848. The van der Waals surface area contributed by atoms with E-state index in [2.05, 4.69) is 25.1 Å². The summed E-state index contributed by atoms with van der Waals surface area (Å²) < 4.78 is 5.38. The van der Waals surface area contributed by atoms with Crippen molar-refractivity contribution in [3.05, 3.63) is 29.3 Å². The van der Waals surface area contributed by atoms with Gasteiger partial charge in [-0.05, 0) is 85.0 Å². The van der Waals surface area contributed by atoms with E-state index in [4.69, 9.17) is 4.74 Å². The van der Waals surface area contributed by atoms with E-state index in [1.54, 1.807) is 12.7 Å². The van der Waals surface area contributed by atoms with Gasteiger partial charge in [-0.3, -0.25) is 0 Å². The number of ether oxygens (including phenoxy) is 1. The van der Waals surface area contributed by atoms with Crippen LogP contribution in [0.4, 0.5) is 0 Å². The Kier molecular flexibility index (Phi) is 3.08. The van der Waals surface area contributed by atoms with Gasteiger partial charge in [-0.1, -0.05) is 13.0 Å². The minimum atomic E-state index is -0.0688. The molecule has 0 aromatic heterocycles. The molecule has 0 saturated heterocycles. The smallest absolute Gasteiger partial charge is 0.119 e. The number of hydrogen-bond acceptors (Lipinski definition) is 2. The van der Waals surface area contributed by atoms with Gasteiger partial charge in [0.25, 0.3) is 0 Å². The zero-order valence-corrected chi connectivity index (χ0v) is 13.1. The number of aliphatic hydroxyl groups excluding tert-OH is 1. The van der Waals surface area contributed by atoms with Crippen LogP contribution in [0.1, 0.15) is 56.1 Å². The Hall–Kier alpha value is -1.02. The second-order valence-electron chi connectivity index (χ2n) is 7.62. The summed E-state index contributed by atoms with van der Waals surface area (Å²) in [4.78, 5) is 0. The lowest BCUT2D eigenvalue weighted by atomic mass is 9.55. The van der Waals surface area contributed by atoms with Gasteiger partial charge in [-0.15, -0.1) is 0 Å². The minimum absolute atomic E-state index is 0.0688. The molecule has 0 aliphatic heterocycles. The number of fused-ring (bicyclic) bond motifs is 5. The fourth-order valence-corrected chi connectivity index (χ4v) is 5.66. The van der Waals surface area contributed by atoms with Crippen LogP contribution in [0, 0.1) is 17.3 Å². The predicted molar refractivity (Wildman–Crippen MR) is 83.6 cm³/mol. The third-order valence-corrected chi connectivity index (χ3v) is 6.88.